The Balaban J connectivity index is 2.08. The predicted molar refractivity (Wildman–Crippen MR) is 71.0 cm³/mol. The van der Waals surface area contributed by atoms with E-state index in [4.69, 9.17) is 9.29 Å². The Morgan fingerprint density at radius 1 is 1.06 bits per heavy atom. The first kappa shape index (κ1) is 12.6. The first-order chi connectivity index (χ1) is 8.69. The normalized spacial score (nSPS) is 12.1. The van der Waals surface area contributed by atoms with Gasteiger partial charge in [0.1, 0.15) is 11.5 Å². The Morgan fingerprint density at radius 3 is 2.22 bits per heavy atom. The maximum absolute atomic E-state index is 11.9. The third-order valence-electron chi connectivity index (χ3n) is 2.53. The van der Waals surface area contributed by atoms with Crippen LogP contribution in [0.2, 0.25) is 0 Å². The zero-order chi connectivity index (χ0) is 13.0. The molecule has 0 aliphatic carbocycles. The van der Waals surface area contributed by atoms with Gasteiger partial charge in [-0.05, 0) is 48.4 Å². The second-order valence-electron chi connectivity index (χ2n) is 3.81. The Kier molecular flexibility index (Phi) is 3.99. The van der Waals surface area contributed by atoms with Gasteiger partial charge in [0.2, 0.25) is 11.1 Å². The van der Waals surface area contributed by atoms with Gasteiger partial charge in [-0.2, -0.15) is 0 Å². The minimum absolute atomic E-state index is 0.142. The van der Waals surface area contributed by atoms with E-state index in [1.165, 1.54) is 17.7 Å². The van der Waals surface area contributed by atoms with Crippen LogP contribution in [0.15, 0.2) is 53.4 Å². The van der Waals surface area contributed by atoms with Crippen LogP contribution in [0, 0.1) is 0 Å². The standard InChI is InChI=1S/C14H14O3S/c1-2-11-3-7-13(8-4-11)17-18(16)14-9-5-12(15)6-10-14/h3-10,15H,2H2,1H3. The average Bonchev–Trinajstić information content (AvgIpc) is 2.40. The highest BCUT2D eigenvalue weighted by Gasteiger charge is 2.06. The largest absolute Gasteiger partial charge is 0.508 e. The molecular weight excluding hydrogens is 248 g/mol. The summed E-state index contributed by atoms with van der Waals surface area (Å²) in [6.45, 7) is 2.07. The number of hydrogen-bond donors (Lipinski definition) is 1. The number of benzene rings is 2. The van der Waals surface area contributed by atoms with E-state index in [0.29, 0.717) is 10.6 Å². The summed E-state index contributed by atoms with van der Waals surface area (Å²) in [7, 11) is 0. The van der Waals surface area contributed by atoms with Gasteiger partial charge < -0.3 is 9.29 Å². The van der Waals surface area contributed by atoms with Crippen LogP contribution < -0.4 is 4.18 Å². The summed E-state index contributed by atoms with van der Waals surface area (Å²) in [5.74, 6) is 0.710. The van der Waals surface area contributed by atoms with Crippen molar-refractivity contribution in [3.05, 3.63) is 54.1 Å². The Bertz CT molecular complexity index is 532. The summed E-state index contributed by atoms with van der Waals surface area (Å²) in [4.78, 5) is 0.521. The lowest BCUT2D eigenvalue weighted by atomic mass is 10.2. The van der Waals surface area contributed by atoms with Crippen LogP contribution in [-0.4, -0.2) is 9.32 Å². The van der Waals surface area contributed by atoms with Crippen LogP contribution in [0.5, 0.6) is 11.5 Å². The van der Waals surface area contributed by atoms with E-state index in [0.717, 1.165) is 6.42 Å². The molecule has 0 radical (unpaired) electrons. The molecule has 0 amide bonds. The summed E-state index contributed by atoms with van der Waals surface area (Å²) in [5, 5.41) is 9.15. The van der Waals surface area contributed by atoms with Gasteiger partial charge in [-0.25, -0.2) is 4.21 Å². The van der Waals surface area contributed by atoms with Gasteiger partial charge in [0, 0.05) is 0 Å². The van der Waals surface area contributed by atoms with Gasteiger partial charge in [-0.3, -0.25) is 0 Å². The van der Waals surface area contributed by atoms with Crippen molar-refractivity contribution in [3.63, 3.8) is 0 Å². The van der Waals surface area contributed by atoms with Crippen LogP contribution >= 0.6 is 0 Å². The molecule has 0 aromatic heterocycles. The lowest BCUT2D eigenvalue weighted by Crippen LogP contribution is -2.00. The van der Waals surface area contributed by atoms with Crippen molar-refractivity contribution >= 4 is 11.1 Å². The van der Waals surface area contributed by atoms with Crippen LogP contribution in [0.3, 0.4) is 0 Å². The molecule has 0 bridgehead atoms. The van der Waals surface area contributed by atoms with Crippen molar-refractivity contribution in [1.82, 2.24) is 0 Å². The topological polar surface area (TPSA) is 46.5 Å². The number of phenolic OH excluding ortho intramolecular Hbond substituents is 1. The van der Waals surface area contributed by atoms with Crippen molar-refractivity contribution in [1.29, 1.82) is 0 Å². The third-order valence-corrected chi connectivity index (χ3v) is 3.53. The lowest BCUT2D eigenvalue weighted by molar-refractivity contribution is 0.474. The predicted octanol–water partition coefficient (Wildman–Crippen LogP) is 3.06. The van der Waals surface area contributed by atoms with Crippen molar-refractivity contribution < 1.29 is 13.5 Å². The van der Waals surface area contributed by atoms with Crippen molar-refractivity contribution in [2.75, 3.05) is 0 Å². The monoisotopic (exact) mass is 262 g/mol. The highest BCUT2D eigenvalue weighted by atomic mass is 32.2. The average molecular weight is 262 g/mol. The molecule has 1 atom stereocenters. The Morgan fingerprint density at radius 2 is 1.67 bits per heavy atom. The van der Waals surface area contributed by atoms with Gasteiger partial charge >= 0.3 is 0 Å². The summed E-state index contributed by atoms with van der Waals surface area (Å²) >= 11 is -1.56. The quantitative estimate of drug-likeness (QED) is 0.921. The molecule has 1 unspecified atom stereocenters. The smallest absolute Gasteiger partial charge is 0.240 e. The number of aryl methyl sites for hydroxylation is 1. The van der Waals surface area contributed by atoms with Crippen molar-refractivity contribution in [2.24, 2.45) is 0 Å². The Labute approximate surface area is 109 Å². The fraction of sp³-hybridized carbons (Fsp3) is 0.143. The molecule has 2 rings (SSSR count). The zero-order valence-corrected chi connectivity index (χ0v) is 10.8. The number of hydrogen-bond acceptors (Lipinski definition) is 3. The van der Waals surface area contributed by atoms with Crippen molar-refractivity contribution in [2.45, 2.75) is 18.2 Å². The molecule has 4 heteroatoms. The minimum Gasteiger partial charge on any atom is -0.508 e. The van der Waals surface area contributed by atoms with E-state index < -0.39 is 11.1 Å². The third kappa shape index (κ3) is 3.11. The fourth-order valence-corrected chi connectivity index (χ4v) is 2.21. The molecule has 3 nitrogen and oxygen atoms in total. The summed E-state index contributed by atoms with van der Waals surface area (Å²) in [6, 6.07) is 13.6. The molecule has 94 valence electrons. The minimum atomic E-state index is -1.56. The van der Waals surface area contributed by atoms with Gasteiger partial charge in [-0.15, -0.1) is 0 Å². The maximum Gasteiger partial charge on any atom is 0.240 e. The number of rotatable bonds is 4. The van der Waals surface area contributed by atoms with Crippen LogP contribution in [-0.2, 0) is 17.5 Å². The highest BCUT2D eigenvalue weighted by molar-refractivity contribution is 7.80. The van der Waals surface area contributed by atoms with E-state index in [1.807, 2.05) is 12.1 Å². The molecule has 0 heterocycles. The molecule has 0 spiro atoms. The van der Waals surface area contributed by atoms with E-state index in [1.54, 1.807) is 24.3 Å². The molecule has 2 aromatic carbocycles. The molecule has 0 aliphatic rings. The zero-order valence-electron chi connectivity index (χ0n) is 10.00. The second-order valence-corrected chi connectivity index (χ2v) is 4.92. The Hall–Kier alpha value is -1.81. The molecule has 0 saturated carbocycles. The van der Waals surface area contributed by atoms with Crippen molar-refractivity contribution in [3.8, 4) is 11.5 Å². The molecule has 18 heavy (non-hydrogen) atoms. The van der Waals surface area contributed by atoms with E-state index in [-0.39, 0.29) is 5.75 Å². The number of aromatic hydroxyl groups is 1. The second kappa shape index (κ2) is 5.69. The molecule has 2 aromatic rings. The van der Waals surface area contributed by atoms with Gasteiger partial charge in [0.05, 0.1) is 4.90 Å². The first-order valence-corrected chi connectivity index (χ1v) is 6.74. The van der Waals surface area contributed by atoms with Crippen LogP contribution in [0.25, 0.3) is 0 Å². The summed E-state index contributed by atoms with van der Waals surface area (Å²) < 4.78 is 17.2. The van der Waals surface area contributed by atoms with Gasteiger partial charge in [0.25, 0.3) is 0 Å². The molecule has 0 aliphatic heterocycles. The highest BCUT2D eigenvalue weighted by Crippen LogP contribution is 2.18. The maximum atomic E-state index is 11.9. The number of phenols is 1. The van der Waals surface area contributed by atoms with E-state index in [9.17, 15) is 4.21 Å². The SMILES string of the molecule is CCc1ccc(OS(=O)c2ccc(O)cc2)cc1. The van der Waals surface area contributed by atoms with Gasteiger partial charge in [0.15, 0.2) is 0 Å². The van der Waals surface area contributed by atoms with E-state index >= 15 is 0 Å². The molecule has 0 fully saturated rings. The summed E-state index contributed by atoms with van der Waals surface area (Å²) in [6.07, 6.45) is 0.960. The lowest BCUT2D eigenvalue weighted by Gasteiger charge is -2.05. The first-order valence-electron chi connectivity index (χ1n) is 5.67. The summed E-state index contributed by atoms with van der Waals surface area (Å²) in [5.41, 5.74) is 1.21. The molecular formula is C14H14O3S. The van der Waals surface area contributed by atoms with Crippen LogP contribution in [0.1, 0.15) is 12.5 Å². The van der Waals surface area contributed by atoms with Crippen LogP contribution in [0.4, 0.5) is 0 Å². The van der Waals surface area contributed by atoms with Gasteiger partial charge in [-0.1, -0.05) is 19.1 Å². The molecule has 1 N–H and O–H groups in total. The molecule has 0 saturated heterocycles. The fourth-order valence-electron chi connectivity index (χ4n) is 1.47. The van der Waals surface area contributed by atoms with E-state index in [2.05, 4.69) is 6.92 Å².